The fourth-order valence-corrected chi connectivity index (χ4v) is 1.92. The summed E-state index contributed by atoms with van der Waals surface area (Å²) in [5.41, 5.74) is 0.372. The number of aliphatic hydroxyl groups is 1. The van der Waals surface area contributed by atoms with Crippen molar-refractivity contribution >= 4 is 29.1 Å². The Morgan fingerprint density at radius 3 is 2.35 bits per heavy atom. The molecule has 0 radical (unpaired) electrons. The number of hydrogen-bond donors (Lipinski definition) is 1. The van der Waals surface area contributed by atoms with Gasteiger partial charge in [0.15, 0.2) is 0 Å². The van der Waals surface area contributed by atoms with Crippen molar-refractivity contribution in [2.24, 2.45) is 0 Å². The Morgan fingerprint density at radius 2 is 1.94 bits per heavy atom. The largest absolute Gasteiger partial charge is 0.395 e. The molecule has 0 spiro atoms. The van der Waals surface area contributed by atoms with Crippen molar-refractivity contribution in [1.82, 2.24) is 9.88 Å². The van der Waals surface area contributed by atoms with Crippen LogP contribution in [0.15, 0.2) is 12.1 Å². The zero-order chi connectivity index (χ0) is 13.0. The quantitative estimate of drug-likeness (QED) is 0.859. The fourth-order valence-electron chi connectivity index (χ4n) is 1.46. The molecule has 1 rings (SSSR count). The number of aromatic nitrogens is 1. The zero-order valence-electron chi connectivity index (χ0n) is 9.65. The van der Waals surface area contributed by atoms with Crippen LogP contribution >= 0.6 is 23.2 Å². The van der Waals surface area contributed by atoms with Gasteiger partial charge < -0.3 is 10.0 Å². The molecule has 0 aromatic carbocycles. The van der Waals surface area contributed by atoms with E-state index in [1.54, 1.807) is 4.90 Å². The van der Waals surface area contributed by atoms with Crippen molar-refractivity contribution in [2.75, 3.05) is 13.2 Å². The first-order valence-electron chi connectivity index (χ1n) is 5.20. The maximum Gasteiger partial charge on any atom is 0.254 e. The summed E-state index contributed by atoms with van der Waals surface area (Å²) >= 11 is 11.5. The summed E-state index contributed by atoms with van der Waals surface area (Å²) in [5.74, 6) is -0.222. The molecule has 0 unspecified atom stereocenters. The fraction of sp³-hybridized carbons (Fsp3) is 0.455. The SMILES string of the molecule is CC(C)N(CCO)C(=O)c1cc(Cl)nc(Cl)c1. The first-order chi connectivity index (χ1) is 7.95. The molecule has 0 fully saturated rings. The van der Waals surface area contributed by atoms with Crippen LogP contribution in [-0.4, -0.2) is 40.1 Å². The molecule has 1 heterocycles. The van der Waals surface area contributed by atoms with E-state index in [1.165, 1.54) is 12.1 Å². The van der Waals surface area contributed by atoms with E-state index < -0.39 is 0 Å². The summed E-state index contributed by atoms with van der Waals surface area (Å²) in [6.07, 6.45) is 0. The summed E-state index contributed by atoms with van der Waals surface area (Å²) in [6, 6.07) is 2.91. The monoisotopic (exact) mass is 276 g/mol. The standard InChI is InChI=1S/C11H14Cl2N2O2/c1-7(2)15(3-4-16)11(17)8-5-9(12)14-10(13)6-8/h5-7,16H,3-4H2,1-2H3. The highest BCUT2D eigenvalue weighted by atomic mass is 35.5. The Morgan fingerprint density at radius 1 is 1.41 bits per heavy atom. The highest BCUT2D eigenvalue weighted by Gasteiger charge is 2.19. The predicted octanol–water partition coefficient (Wildman–Crippen LogP) is 2.23. The number of nitrogens with zero attached hydrogens (tertiary/aromatic N) is 2. The van der Waals surface area contributed by atoms with Crippen molar-refractivity contribution < 1.29 is 9.90 Å². The molecule has 0 saturated heterocycles. The van der Waals surface area contributed by atoms with Crippen molar-refractivity contribution in [2.45, 2.75) is 19.9 Å². The Kier molecular flexibility index (Phi) is 5.18. The smallest absolute Gasteiger partial charge is 0.254 e. The zero-order valence-corrected chi connectivity index (χ0v) is 11.2. The molecule has 1 N–H and O–H groups in total. The van der Waals surface area contributed by atoms with E-state index in [0.29, 0.717) is 5.56 Å². The summed E-state index contributed by atoms with van der Waals surface area (Å²) in [4.78, 5) is 17.5. The Bertz CT molecular complexity index is 390. The summed E-state index contributed by atoms with van der Waals surface area (Å²) in [5, 5.41) is 9.28. The van der Waals surface area contributed by atoms with E-state index in [9.17, 15) is 4.79 Å². The molecule has 94 valence electrons. The van der Waals surface area contributed by atoms with E-state index in [-0.39, 0.29) is 35.4 Å². The number of carbonyl (C=O) groups excluding carboxylic acids is 1. The van der Waals surface area contributed by atoms with Crippen LogP contribution in [0.25, 0.3) is 0 Å². The van der Waals surface area contributed by atoms with Crippen molar-refractivity contribution in [3.63, 3.8) is 0 Å². The van der Waals surface area contributed by atoms with Crippen LogP contribution in [0.5, 0.6) is 0 Å². The average Bonchev–Trinajstić information content (AvgIpc) is 2.23. The number of aliphatic hydroxyl groups excluding tert-OH is 1. The molecule has 0 aliphatic rings. The summed E-state index contributed by atoms with van der Waals surface area (Å²) < 4.78 is 0. The number of carbonyl (C=O) groups is 1. The molecule has 1 amide bonds. The van der Waals surface area contributed by atoms with Gasteiger partial charge in [-0.2, -0.15) is 0 Å². The lowest BCUT2D eigenvalue weighted by Crippen LogP contribution is -2.39. The molecular formula is C11H14Cl2N2O2. The van der Waals surface area contributed by atoms with E-state index in [0.717, 1.165) is 0 Å². The van der Waals surface area contributed by atoms with Gasteiger partial charge in [-0.3, -0.25) is 4.79 Å². The van der Waals surface area contributed by atoms with Crippen molar-refractivity contribution in [3.05, 3.63) is 28.0 Å². The number of hydrogen-bond acceptors (Lipinski definition) is 3. The van der Waals surface area contributed by atoms with Gasteiger partial charge in [0.25, 0.3) is 5.91 Å². The summed E-state index contributed by atoms with van der Waals surface area (Å²) in [6.45, 7) is 3.93. The van der Waals surface area contributed by atoms with Crippen LogP contribution in [0.1, 0.15) is 24.2 Å². The van der Waals surface area contributed by atoms with Gasteiger partial charge in [-0.05, 0) is 26.0 Å². The maximum atomic E-state index is 12.2. The lowest BCUT2D eigenvalue weighted by Gasteiger charge is -2.26. The molecule has 0 saturated carbocycles. The third-order valence-electron chi connectivity index (χ3n) is 2.23. The molecular weight excluding hydrogens is 263 g/mol. The minimum absolute atomic E-state index is 0.0135. The minimum Gasteiger partial charge on any atom is -0.395 e. The van der Waals surface area contributed by atoms with Crippen LogP contribution in [0.2, 0.25) is 10.3 Å². The van der Waals surface area contributed by atoms with Crippen molar-refractivity contribution in [1.29, 1.82) is 0 Å². The molecule has 0 bridgehead atoms. The lowest BCUT2D eigenvalue weighted by molar-refractivity contribution is 0.0665. The Hall–Kier alpha value is -0.840. The second kappa shape index (κ2) is 6.19. The molecule has 1 aromatic heterocycles. The van der Waals surface area contributed by atoms with E-state index >= 15 is 0 Å². The molecule has 0 atom stereocenters. The third kappa shape index (κ3) is 3.84. The lowest BCUT2D eigenvalue weighted by atomic mass is 10.2. The second-order valence-corrected chi connectivity index (χ2v) is 4.59. The second-order valence-electron chi connectivity index (χ2n) is 3.82. The highest BCUT2D eigenvalue weighted by Crippen LogP contribution is 2.17. The van der Waals surface area contributed by atoms with E-state index in [2.05, 4.69) is 4.98 Å². The van der Waals surface area contributed by atoms with E-state index in [1.807, 2.05) is 13.8 Å². The molecule has 17 heavy (non-hydrogen) atoms. The maximum absolute atomic E-state index is 12.2. The van der Waals surface area contributed by atoms with Gasteiger partial charge in [0.05, 0.1) is 6.61 Å². The highest BCUT2D eigenvalue weighted by molar-refractivity contribution is 6.33. The Labute approximate surface area is 110 Å². The summed E-state index contributed by atoms with van der Waals surface area (Å²) in [7, 11) is 0. The topological polar surface area (TPSA) is 53.4 Å². The van der Waals surface area contributed by atoms with Gasteiger partial charge >= 0.3 is 0 Å². The molecule has 6 heteroatoms. The first-order valence-corrected chi connectivity index (χ1v) is 5.96. The number of pyridine rings is 1. The van der Waals surface area contributed by atoms with E-state index in [4.69, 9.17) is 28.3 Å². The van der Waals surface area contributed by atoms with Gasteiger partial charge in [-0.25, -0.2) is 4.98 Å². The van der Waals surface area contributed by atoms with Gasteiger partial charge in [0, 0.05) is 18.2 Å². The number of halogens is 2. The minimum atomic E-state index is -0.222. The molecule has 1 aromatic rings. The van der Waals surface area contributed by atoms with Crippen LogP contribution in [0, 0.1) is 0 Å². The van der Waals surface area contributed by atoms with Crippen LogP contribution in [0.3, 0.4) is 0 Å². The van der Waals surface area contributed by atoms with Gasteiger partial charge in [-0.15, -0.1) is 0 Å². The average molecular weight is 277 g/mol. The van der Waals surface area contributed by atoms with Crippen LogP contribution in [-0.2, 0) is 0 Å². The molecule has 0 aliphatic carbocycles. The van der Waals surface area contributed by atoms with Crippen molar-refractivity contribution in [3.8, 4) is 0 Å². The van der Waals surface area contributed by atoms with Crippen LogP contribution < -0.4 is 0 Å². The predicted molar refractivity (Wildman–Crippen MR) is 67.5 cm³/mol. The van der Waals surface area contributed by atoms with Gasteiger partial charge in [0.1, 0.15) is 10.3 Å². The van der Waals surface area contributed by atoms with Crippen LogP contribution in [0.4, 0.5) is 0 Å². The molecule has 4 nitrogen and oxygen atoms in total. The third-order valence-corrected chi connectivity index (χ3v) is 2.62. The number of amides is 1. The van der Waals surface area contributed by atoms with Gasteiger partial charge in [0.2, 0.25) is 0 Å². The molecule has 0 aliphatic heterocycles. The number of rotatable bonds is 4. The normalized spacial score (nSPS) is 10.7. The van der Waals surface area contributed by atoms with Gasteiger partial charge in [-0.1, -0.05) is 23.2 Å². The Balaban J connectivity index is 3.00. The first kappa shape index (κ1) is 14.2.